The van der Waals surface area contributed by atoms with E-state index in [-0.39, 0.29) is 0 Å². The van der Waals surface area contributed by atoms with Crippen molar-refractivity contribution in [1.29, 1.82) is 0 Å². The zero-order valence-electron chi connectivity index (χ0n) is 17.6. The van der Waals surface area contributed by atoms with E-state index >= 15 is 0 Å². The van der Waals surface area contributed by atoms with Crippen LogP contribution >= 0.6 is 0 Å². The first-order valence-corrected chi connectivity index (χ1v) is 9.43. The molecule has 2 heterocycles. The van der Waals surface area contributed by atoms with Gasteiger partial charge in [-0.05, 0) is 29.8 Å². The van der Waals surface area contributed by atoms with Crippen molar-refractivity contribution in [1.82, 2.24) is 20.4 Å². The SMILES string of the molecule is COC(C(=O)O)c1ccc(-c2nnc(C)o2)cc1.Cc1nnc(-c2ccc(C=O)cc2)o1. The van der Waals surface area contributed by atoms with Crippen LogP contribution in [0.2, 0.25) is 0 Å². The standard InChI is InChI=1S/C12H12N2O4.C10H8N2O2/c1-7-13-14-11(18-7)9-5-3-8(4-6-9)10(17-2)12(15)16;1-7-11-12-10(14-7)9-4-2-8(6-13)3-5-9/h3-6,10H,1-2H3,(H,15,16);2-6H,1H3. The van der Waals surface area contributed by atoms with Crippen LogP contribution in [0.4, 0.5) is 0 Å². The van der Waals surface area contributed by atoms with Gasteiger partial charge in [0, 0.05) is 37.6 Å². The van der Waals surface area contributed by atoms with E-state index in [0.717, 1.165) is 17.4 Å². The second kappa shape index (κ2) is 10.2. The molecule has 1 atom stereocenters. The van der Waals surface area contributed by atoms with Crippen LogP contribution in [0, 0.1) is 13.8 Å². The number of aromatic nitrogens is 4. The summed E-state index contributed by atoms with van der Waals surface area (Å²) in [7, 11) is 1.36. The Morgan fingerprint density at radius 2 is 1.34 bits per heavy atom. The molecule has 2 aromatic heterocycles. The maximum Gasteiger partial charge on any atom is 0.337 e. The summed E-state index contributed by atoms with van der Waals surface area (Å²) >= 11 is 0. The Morgan fingerprint density at radius 1 is 0.875 bits per heavy atom. The lowest BCUT2D eigenvalue weighted by Crippen LogP contribution is -2.13. The number of ether oxygens (including phenoxy) is 1. The molecule has 0 spiro atoms. The minimum Gasteiger partial charge on any atom is -0.479 e. The number of nitrogens with zero attached hydrogens (tertiary/aromatic N) is 4. The highest BCUT2D eigenvalue weighted by molar-refractivity contribution is 5.76. The van der Waals surface area contributed by atoms with Gasteiger partial charge in [0.25, 0.3) is 0 Å². The van der Waals surface area contributed by atoms with E-state index in [1.165, 1.54) is 7.11 Å². The zero-order chi connectivity index (χ0) is 23.1. The molecule has 2 aromatic carbocycles. The summed E-state index contributed by atoms with van der Waals surface area (Å²) in [6.07, 6.45) is -0.175. The fraction of sp³-hybridized carbons (Fsp3) is 0.182. The predicted octanol–water partition coefficient (Wildman–Crippen LogP) is 3.67. The van der Waals surface area contributed by atoms with Gasteiger partial charge in [0.15, 0.2) is 6.10 Å². The van der Waals surface area contributed by atoms with Gasteiger partial charge in [0.05, 0.1) is 0 Å². The number of methoxy groups -OCH3 is 1. The Bertz CT molecular complexity index is 1180. The molecule has 0 saturated carbocycles. The fourth-order valence-corrected chi connectivity index (χ4v) is 2.71. The first-order valence-electron chi connectivity index (χ1n) is 9.43. The summed E-state index contributed by atoms with van der Waals surface area (Å²) in [6, 6.07) is 13.7. The van der Waals surface area contributed by atoms with Crippen molar-refractivity contribution in [2.24, 2.45) is 0 Å². The highest BCUT2D eigenvalue weighted by atomic mass is 16.5. The van der Waals surface area contributed by atoms with E-state index in [1.807, 2.05) is 0 Å². The van der Waals surface area contributed by atoms with Crippen molar-refractivity contribution in [3.05, 3.63) is 71.4 Å². The van der Waals surface area contributed by atoms with Gasteiger partial charge in [-0.1, -0.05) is 24.3 Å². The van der Waals surface area contributed by atoms with E-state index in [0.29, 0.717) is 34.7 Å². The lowest BCUT2D eigenvalue weighted by Gasteiger charge is -2.10. The summed E-state index contributed by atoms with van der Waals surface area (Å²) in [5.41, 5.74) is 2.74. The number of benzene rings is 2. The van der Waals surface area contributed by atoms with E-state index in [9.17, 15) is 9.59 Å². The molecule has 10 nitrogen and oxygen atoms in total. The number of aldehydes is 1. The summed E-state index contributed by atoms with van der Waals surface area (Å²) in [5.74, 6) is 0.857. The van der Waals surface area contributed by atoms with Gasteiger partial charge >= 0.3 is 5.97 Å². The molecule has 1 unspecified atom stereocenters. The summed E-state index contributed by atoms with van der Waals surface area (Å²) in [6.45, 7) is 3.44. The van der Waals surface area contributed by atoms with Crippen LogP contribution in [-0.4, -0.2) is 44.9 Å². The lowest BCUT2D eigenvalue weighted by atomic mass is 10.1. The highest BCUT2D eigenvalue weighted by Crippen LogP contribution is 2.22. The molecule has 0 aliphatic carbocycles. The van der Waals surface area contributed by atoms with Crippen molar-refractivity contribution < 1.29 is 28.3 Å². The second-order valence-electron chi connectivity index (χ2n) is 6.57. The Hall–Kier alpha value is -4.18. The number of carbonyl (C=O) groups is 2. The zero-order valence-corrected chi connectivity index (χ0v) is 17.6. The Kier molecular flexibility index (Phi) is 7.19. The second-order valence-corrected chi connectivity index (χ2v) is 6.57. The minimum atomic E-state index is -1.03. The van der Waals surface area contributed by atoms with Crippen LogP contribution in [0.5, 0.6) is 0 Å². The van der Waals surface area contributed by atoms with Gasteiger partial charge in [-0.25, -0.2) is 4.79 Å². The predicted molar refractivity (Wildman–Crippen MR) is 112 cm³/mol. The van der Waals surface area contributed by atoms with Gasteiger partial charge in [-0.2, -0.15) is 0 Å². The van der Waals surface area contributed by atoms with Crippen LogP contribution in [0.3, 0.4) is 0 Å². The van der Waals surface area contributed by atoms with Crippen molar-refractivity contribution in [2.75, 3.05) is 7.11 Å². The van der Waals surface area contributed by atoms with Crippen molar-refractivity contribution in [3.8, 4) is 22.9 Å². The van der Waals surface area contributed by atoms with Crippen molar-refractivity contribution in [2.45, 2.75) is 20.0 Å². The highest BCUT2D eigenvalue weighted by Gasteiger charge is 2.19. The number of carboxylic acid groups (broad SMARTS) is 1. The third-order valence-electron chi connectivity index (χ3n) is 4.27. The normalized spacial score (nSPS) is 11.3. The average Bonchev–Trinajstić information content (AvgIpc) is 3.43. The molecule has 4 rings (SSSR count). The van der Waals surface area contributed by atoms with E-state index in [2.05, 4.69) is 20.4 Å². The van der Waals surface area contributed by atoms with Gasteiger partial charge in [-0.3, -0.25) is 4.79 Å². The lowest BCUT2D eigenvalue weighted by molar-refractivity contribution is -0.148. The number of carbonyl (C=O) groups excluding carboxylic acids is 1. The van der Waals surface area contributed by atoms with Crippen LogP contribution in [0.1, 0.15) is 33.8 Å². The number of hydrogen-bond acceptors (Lipinski definition) is 9. The molecule has 32 heavy (non-hydrogen) atoms. The fourth-order valence-electron chi connectivity index (χ4n) is 2.71. The molecule has 4 aromatic rings. The number of aryl methyl sites for hydroxylation is 2. The Balaban J connectivity index is 0.000000186. The smallest absolute Gasteiger partial charge is 0.337 e. The molecule has 0 radical (unpaired) electrons. The summed E-state index contributed by atoms with van der Waals surface area (Å²) in [5, 5.41) is 24.1. The monoisotopic (exact) mass is 436 g/mol. The van der Waals surface area contributed by atoms with Crippen LogP contribution < -0.4 is 0 Å². The molecular weight excluding hydrogens is 416 g/mol. The van der Waals surface area contributed by atoms with Gasteiger partial charge in [-0.15, -0.1) is 20.4 Å². The first kappa shape index (κ1) is 22.5. The number of aliphatic carboxylic acids is 1. The van der Waals surface area contributed by atoms with Crippen LogP contribution in [0.25, 0.3) is 22.9 Å². The molecule has 0 saturated heterocycles. The summed E-state index contributed by atoms with van der Waals surface area (Å²) < 4.78 is 15.4. The van der Waals surface area contributed by atoms with Crippen LogP contribution in [-0.2, 0) is 9.53 Å². The van der Waals surface area contributed by atoms with E-state index in [4.69, 9.17) is 18.7 Å². The van der Waals surface area contributed by atoms with Gasteiger partial charge in [0.1, 0.15) is 6.29 Å². The van der Waals surface area contributed by atoms with Gasteiger partial charge < -0.3 is 18.7 Å². The Morgan fingerprint density at radius 3 is 1.69 bits per heavy atom. The maximum absolute atomic E-state index is 10.9. The number of carboxylic acids is 1. The molecule has 0 aliphatic rings. The van der Waals surface area contributed by atoms with E-state index < -0.39 is 12.1 Å². The van der Waals surface area contributed by atoms with Gasteiger partial charge in [0.2, 0.25) is 23.6 Å². The molecule has 1 N–H and O–H groups in total. The van der Waals surface area contributed by atoms with Crippen molar-refractivity contribution >= 4 is 12.3 Å². The van der Waals surface area contributed by atoms with E-state index in [1.54, 1.807) is 62.4 Å². The molecule has 0 bridgehead atoms. The third-order valence-corrected chi connectivity index (χ3v) is 4.27. The van der Waals surface area contributed by atoms with Crippen LogP contribution in [0.15, 0.2) is 57.4 Å². The quantitative estimate of drug-likeness (QED) is 0.445. The summed E-state index contributed by atoms with van der Waals surface area (Å²) in [4.78, 5) is 21.3. The molecule has 10 heteroatoms. The molecule has 164 valence electrons. The average molecular weight is 436 g/mol. The minimum absolute atomic E-state index is 0.406. The number of rotatable bonds is 6. The molecule has 0 amide bonds. The molecule has 0 fully saturated rings. The molecular formula is C22H20N4O6. The topological polar surface area (TPSA) is 141 Å². The Labute approximate surface area is 182 Å². The molecule has 0 aliphatic heterocycles. The first-order chi connectivity index (χ1) is 15.4. The van der Waals surface area contributed by atoms with Crippen molar-refractivity contribution in [3.63, 3.8) is 0 Å². The largest absolute Gasteiger partial charge is 0.479 e. The number of hydrogen-bond donors (Lipinski definition) is 1. The maximum atomic E-state index is 10.9. The third kappa shape index (κ3) is 5.49.